The summed E-state index contributed by atoms with van der Waals surface area (Å²) in [6.07, 6.45) is 28.2. The van der Waals surface area contributed by atoms with Crippen LogP contribution in [0.15, 0.2) is 168 Å². The van der Waals surface area contributed by atoms with E-state index in [2.05, 4.69) is 23.8 Å². The van der Waals surface area contributed by atoms with E-state index in [1.165, 1.54) is 37.8 Å². The highest BCUT2D eigenvalue weighted by molar-refractivity contribution is 5.92. The number of benzene rings is 6. The van der Waals surface area contributed by atoms with Crippen LogP contribution < -0.4 is 18.9 Å². The van der Waals surface area contributed by atoms with Gasteiger partial charge in [-0.25, -0.2) is 19.2 Å². The number of carbonyl (C=O) groups excluding carboxylic acids is 4. The smallest absolute Gasteiger partial charge is 0.343 e. The first-order chi connectivity index (χ1) is 40.5. The van der Waals surface area contributed by atoms with Crippen LogP contribution in [0.5, 0.6) is 23.0 Å². The van der Waals surface area contributed by atoms with Crippen molar-refractivity contribution in [1.82, 2.24) is 0 Å². The highest BCUT2D eigenvalue weighted by Gasteiger charge is 2.12. The minimum absolute atomic E-state index is 0.0926. The minimum Gasteiger partial charge on any atom is -0.494 e. The third-order valence-electron chi connectivity index (χ3n) is 13.6. The fraction of sp³-hybridized carbons (Fsp3) is 0.352. The Morgan fingerprint density at radius 1 is 0.386 bits per heavy atom. The predicted molar refractivity (Wildman–Crippen MR) is 333 cm³/mol. The minimum atomic E-state index is -0.457. The quantitative estimate of drug-likeness (QED) is 0.0122. The molecule has 6 aromatic carbocycles. The first-order valence-corrected chi connectivity index (χ1v) is 29.7. The maximum absolute atomic E-state index is 12.9. The van der Waals surface area contributed by atoms with Crippen molar-refractivity contribution in [2.24, 2.45) is 9.98 Å². The van der Waals surface area contributed by atoms with E-state index in [0.29, 0.717) is 58.7 Å². The van der Waals surface area contributed by atoms with Crippen LogP contribution in [0.3, 0.4) is 0 Å². The second-order valence-electron chi connectivity index (χ2n) is 20.7. The van der Waals surface area contributed by atoms with Crippen LogP contribution in [0.4, 0.5) is 11.4 Å². The molecule has 0 bridgehead atoms. The van der Waals surface area contributed by atoms with Crippen molar-refractivity contribution >= 4 is 59.8 Å². The average Bonchev–Trinajstić information content (AvgIpc) is 3.51. The van der Waals surface area contributed by atoms with E-state index in [0.717, 1.165) is 106 Å². The Bertz CT molecular complexity index is 2780. The average molecular weight is 1120 g/mol. The van der Waals surface area contributed by atoms with Gasteiger partial charge in [0.2, 0.25) is 0 Å². The van der Waals surface area contributed by atoms with Gasteiger partial charge in [-0.1, -0.05) is 133 Å². The molecule has 436 valence electrons. The fourth-order valence-electron chi connectivity index (χ4n) is 8.70. The molecule has 0 unspecified atom stereocenters. The lowest BCUT2D eigenvalue weighted by molar-refractivity contribution is -0.143. The molecule has 83 heavy (non-hydrogen) atoms. The van der Waals surface area contributed by atoms with Gasteiger partial charge >= 0.3 is 23.9 Å². The second kappa shape index (κ2) is 36.9. The predicted octanol–water partition coefficient (Wildman–Crippen LogP) is 17.6. The van der Waals surface area contributed by atoms with E-state index in [-0.39, 0.29) is 24.1 Å². The number of carbonyl (C=O) groups is 4. The number of hydrogen-bond donors (Lipinski definition) is 0. The molecule has 0 fully saturated rings. The Kier molecular flexibility index (Phi) is 28.3. The van der Waals surface area contributed by atoms with Gasteiger partial charge in [0.05, 0.1) is 47.9 Å². The molecule has 6 aromatic rings. The first kappa shape index (κ1) is 63.8. The third kappa shape index (κ3) is 25.5. The summed E-state index contributed by atoms with van der Waals surface area (Å²) in [6, 6.07) is 43.4. The lowest BCUT2D eigenvalue weighted by atomic mass is 10.1. The van der Waals surface area contributed by atoms with Gasteiger partial charge in [-0.3, -0.25) is 9.98 Å². The van der Waals surface area contributed by atoms with Crippen LogP contribution in [0.2, 0.25) is 0 Å². The lowest BCUT2D eigenvalue weighted by Crippen LogP contribution is -2.12. The van der Waals surface area contributed by atoms with E-state index in [4.69, 9.17) is 28.4 Å². The van der Waals surface area contributed by atoms with Crippen molar-refractivity contribution in [3.05, 3.63) is 191 Å². The van der Waals surface area contributed by atoms with Gasteiger partial charge in [-0.15, -0.1) is 0 Å². The molecule has 0 radical (unpaired) electrons. The van der Waals surface area contributed by atoms with Gasteiger partial charge in [-0.05, 0) is 184 Å². The van der Waals surface area contributed by atoms with Crippen LogP contribution in [0.1, 0.15) is 180 Å². The molecule has 0 saturated carbocycles. The van der Waals surface area contributed by atoms with Crippen LogP contribution in [-0.2, 0) is 19.1 Å². The third-order valence-corrected chi connectivity index (χ3v) is 13.6. The maximum atomic E-state index is 12.9. The fourth-order valence-corrected chi connectivity index (χ4v) is 8.70. The SMILES string of the molecule is CCCCCC[C@@H](C)OC(=O)/C=C/c1ccc(C=Nc2ccc(OC(=O)c3ccc(OCCCCCCCCCOc4ccc(C(=O)Oc5ccc(N=Cc6ccc(/C=C/C(=O)O[C@H](C)CCCCCC)cc6)cc5)cc4)cc3)cc2)cc1. The number of esters is 4. The highest BCUT2D eigenvalue weighted by Crippen LogP contribution is 2.23. The zero-order valence-electron chi connectivity index (χ0n) is 48.9. The summed E-state index contributed by atoms with van der Waals surface area (Å²) in [7, 11) is 0. The number of nitrogens with zero attached hydrogens (tertiary/aromatic N) is 2. The van der Waals surface area contributed by atoms with E-state index < -0.39 is 11.9 Å². The summed E-state index contributed by atoms with van der Waals surface area (Å²) in [4.78, 5) is 59.3. The molecule has 0 spiro atoms. The van der Waals surface area contributed by atoms with Crippen molar-refractivity contribution in [1.29, 1.82) is 0 Å². The zero-order chi connectivity index (χ0) is 58.7. The monoisotopic (exact) mass is 1120 g/mol. The van der Waals surface area contributed by atoms with Crippen LogP contribution in [-0.4, -0.2) is 61.7 Å². The molecule has 0 saturated heterocycles. The molecule has 0 aromatic heterocycles. The molecule has 0 amide bonds. The molecule has 0 aliphatic carbocycles. The van der Waals surface area contributed by atoms with E-state index in [9.17, 15) is 19.2 Å². The number of aliphatic imine (C=N–C) groups is 2. The Morgan fingerprint density at radius 3 is 1.07 bits per heavy atom. The summed E-state index contributed by atoms with van der Waals surface area (Å²) >= 11 is 0. The summed E-state index contributed by atoms with van der Waals surface area (Å²) in [5.74, 6) is 0.666. The molecule has 0 aliphatic heterocycles. The van der Waals surface area contributed by atoms with Crippen LogP contribution in [0, 0.1) is 0 Å². The van der Waals surface area contributed by atoms with E-state index in [1.807, 2.05) is 62.4 Å². The molecule has 6 rings (SSSR count). The van der Waals surface area contributed by atoms with Gasteiger partial charge in [0.25, 0.3) is 0 Å². The zero-order valence-corrected chi connectivity index (χ0v) is 48.9. The van der Waals surface area contributed by atoms with Crippen molar-refractivity contribution in [3.63, 3.8) is 0 Å². The van der Waals surface area contributed by atoms with Crippen molar-refractivity contribution in [2.75, 3.05) is 13.2 Å². The van der Waals surface area contributed by atoms with E-state index >= 15 is 0 Å². The molecule has 2 atom stereocenters. The van der Waals surface area contributed by atoms with Gasteiger partial charge < -0.3 is 28.4 Å². The number of rotatable bonds is 36. The van der Waals surface area contributed by atoms with Crippen LogP contribution >= 0.6 is 0 Å². The number of unbranched alkanes of at least 4 members (excludes halogenated alkanes) is 12. The van der Waals surface area contributed by atoms with Gasteiger partial charge in [0, 0.05) is 24.6 Å². The second-order valence-corrected chi connectivity index (χ2v) is 20.7. The molecule has 0 heterocycles. The number of hydrogen-bond acceptors (Lipinski definition) is 12. The summed E-state index contributed by atoms with van der Waals surface area (Å²) in [5.41, 5.74) is 5.86. The van der Waals surface area contributed by atoms with Gasteiger partial charge in [0.15, 0.2) is 0 Å². The normalized spacial score (nSPS) is 12.2. The van der Waals surface area contributed by atoms with Crippen LogP contribution in [0.25, 0.3) is 12.2 Å². The lowest BCUT2D eigenvalue weighted by Gasteiger charge is -2.11. The molecule has 0 N–H and O–H groups in total. The van der Waals surface area contributed by atoms with Gasteiger partial charge in [-0.2, -0.15) is 0 Å². The standard InChI is InChI=1S/C71H82N2O10/c1-5-7-9-16-20-54(3)80-68(74)48-30-56-22-26-58(27-23-56)52-72-62-36-44-66(45-37-62)82-70(76)60-32-40-64(41-33-60)78-50-18-14-12-11-13-15-19-51-79-65-42-34-61(35-43-65)71(77)83-67-46-38-63(39-47-67)73-53-59-28-24-57(25-29-59)31-49-69(75)81-55(4)21-17-10-8-6-2/h22-49,52-55H,5-21,50-51H2,1-4H3/b48-30+,49-31+,72-52?,73-53?/t54-,55-/m1/s1. The summed E-state index contributed by atoms with van der Waals surface area (Å²) in [5, 5.41) is 0. The van der Waals surface area contributed by atoms with Crippen molar-refractivity contribution < 1.29 is 47.6 Å². The van der Waals surface area contributed by atoms with Gasteiger partial charge in [0.1, 0.15) is 23.0 Å². The Morgan fingerprint density at radius 2 is 0.711 bits per heavy atom. The Labute approximate surface area is 491 Å². The molecular formula is C71H82N2O10. The van der Waals surface area contributed by atoms with Crippen molar-refractivity contribution in [2.45, 2.75) is 149 Å². The highest BCUT2D eigenvalue weighted by atomic mass is 16.6. The number of ether oxygens (including phenoxy) is 6. The Balaban J connectivity index is 0.767. The molecule has 12 heteroatoms. The topological polar surface area (TPSA) is 148 Å². The molecule has 12 nitrogen and oxygen atoms in total. The largest absolute Gasteiger partial charge is 0.494 e. The summed E-state index contributed by atoms with van der Waals surface area (Å²) < 4.78 is 34.1. The van der Waals surface area contributed by atoms with Crippen molar-refractivity contribution in [3.8, 4) is 23.0 Å². The summed E-state index contributed by atoms with van der Waals surface area (Å²) in [6.45, 7) is 9.44. The molecular weight excluding hydrogens is 1040 g/mol. The maximum Gasteiger partial charge on any atom is 0.343 e. The Hall–Kier alpha value is -8.38. The first-order valence-electron chi connectivity index (χ1n) is 29.7. The van der Waals surface area contributed by atoms with E-state index in [1.54, 1.807) is 122 Å². The molecule has 0 aliphatic rings.